The number of carbonyl (C=O) groups is 1. The highest BCUT2D eigenvalue weighted by Gasteiger charge is 2.39. The topological polar surface area (TPSA) is 29.1 Å². The van der Waals surface area contributed by atoms with E-state index in [1.54, 1.807) is 0 Å². The molecule has 0 radical (unpaired) electrons. The molecule has 1 amide bonds. The second-order valence-corrected chi connectivity index (χ2v) is 5.84. The predicted octanol–water partition coefficient (Wildman–Crippen LogP) is 3.71. The normalized spacial score (nSPS) is 27.8. The molecule has 3 rings (SSSR count). The van der Waals surface area contributed by atoms with E-state index in [-0.39, 0.29) is 11.8 Å². The first kappa shape index (κ1) is 12.5. The van der Waals surface area contributed by atoms with Gasteiger partial charge in [-0.15, -0.1) is 0 Å². The lowest BCUT2D eigenvalue weighted by atomic mass is 9.92. The van der Waals surface area contributed by atoms with Gasteiger partial charge in [0.05, 0.1) is 0 Å². The van der Waals surface area contributed by atoms with Gasteiger partial charge >= 0.3 is 0 Å². The molecule has 19 heavy (non-hydrogen) atoms. The molecule has 1 saturated carbocycles. The van der Waals surface area contributed by atoms with Gasteiger partial charge in [0.2, 0.25) is 5.91 Å². The summed E-state index contributed by atoms with van der Waals surface area (Å²) in [7, 11) is 0. The van der Waals surface area contributed by atoms with E-state index in [0.717, 1.165) is 24.1 Å². The van der Waals surface area contributed by atoms with Gasteiger partial charge in [0.25, 0.3) is 0 Å². The monoisotopic (exact) mass is 255 g/mol. The maximum absolute atomic E-state index is 12.5. The summed E-state index contributed by atoms with van der Waals surface area (Å²) in [5, 5.41) is 3.18. The van der Waals surface area contributed by atoms with Crippen molar-refractivity contribution in [1.29, 1.82) is 0 Å². The Kier molecular flexibility index (Phi) is 3.17. The molecule has 0 aliphatic heterocycles. The Bertz CT molecular complexity index is 532. The number of aryl methyl sites for hydroxylation is 2. The first-order valence-corrected chi connectivity index (χ1v) is 7.26. The molecule has 1 aromatic carbocycles. The van der Waals surface area contributed by atoms with Gasteiger partial charge in [0, 0.05) is 11.6 Å². The molecule has 3 unspecified atom stereocenters. The molecule has 0 aromatic heterocycles. The highest BCUT2D eigenvalue weighted by Crippen LogP contribution is 2.44. The number of amides is 1. The number of hydrogen-bond donors (Lipinski definition) is 1. The van der Waals surface area contributed by atoms with Gasteiger partial charge < -0.3 is 5.32 Å². The van der Waals surface area contributed by atoms with Crippen molar-refractivity contribution in [1.82, 2.24) is 0 Å². The number of benzene rings is 1. The van der Waals surface area contributed by atoms with E-state index >= 15 is 0 Å². The fourth-order valence-corrected chi connectivity index (χ4v) is 3.50. The smallest absolute Gasteiger partial charge is 0.228 e. The van der Waals surface area contributed by atoms with Crippen molar-refractivity contribution in [2.45, 2.75) is 33.1 Å². The van der Waals surface area contributed by atoms with Gasteiger partial charge in [-0.2, -0.15) is 0 Å². The van der Waals surface area contributed by atoms with Gasteiger partial charge in [-0.25, -0.2) is 0 Å². The molecule has 0 heterocycles. The van der Waals surface area contributed by atoms with Gasteiger partial charge in [-0.1, -0.05) is 37.3 Å². The minimum atomic E-state index is 0.180. The molecule has 2 nitrogen and oxygen atoms in total. The lowest BCUT2D eigenvalue weighted by Crippen LogP contribution is -2.26. The van der Waals surface area contributed by atoms with E-state index in [1.807, 2.05) is 0 Å². The molecule has 2 aliphatic carbocycles. The third-order valence-electron chi connectivity index (χ3n) is 4.60. The van der Waals surface area contributed by atoms with Crippen LogP contribution >= 0.6 is 0 Å². The van der Waals surface area contributed by atoms with Gasteiger partial charge in [0.15, 0.2) is 0 Å². The first-order valence-electron chi connectivity index (χ1n) is 7.26. The second kappa shape index (κ2) is 4.84. The van der Waals surface area contributed by atoms with Gasteiger partial charge in [-0.05, 0) is 49.1 Å². The van der Waals surface area contributed by atoms with Crippen molar-refractivity contribution in [2.24, 2.45) is 17.8 Å². The zero-order chi connectivity index (χ0) is 13.4. The number of fused-ring (bicyclic) bond motifs is 2. The average Bonchev–Trinajstić information content (AvgIpc) is 3.03. The van der Waals surface area contributed by atoms with Crippen LogP contribution in [0, 0.1) is 24.7 Å². The second-order valence-electron chi connectivity index (χ2n) is 5.84. The number of carbonyl (C=O) groups excluding carboxylic acids is 1. The van der Waals surface area contributed by atoms with Crippen LogP contribution in [-0.4, -0.2) is 5.91 Å². The summed E-state index contributed by atoms with van der Waals surface area (Å²) in [6.07, 6.45) is 7.66. The summed E-state index contributed by atoms with van der Waals surface area (Å²) < 4.78 is 0. The highest BCUT2D eigenvalue weighted by molar-refractivity contribution is 5.94. The molecule has 1 N–H and O–H groups in total. The molecule has 100 valence electrons. The first-order chi connectivity index (χ1) is 9.19. The fourth-order valence-electron chi connectivity index (χ4n) is 3.50. The summed E-state index contributed by atoms with van der Waals surface area (Å²) >= 11 is 0. The summed E-state index contributed by atoms with van der Waals surface area (Å²) in [6.45, 7) is 4.19. The Morgan fingerprint density at radius 3 is 2.79 bits per heavy atom. The largest absolute Gasteiger partial charge is 0.325 e. The molecule has 3 atom stereocenters. The van der Waals surface area contributed by atoms with Crippen molar-refractivity contribution < 1.29 is 4.79 Å². The molecule has 0 saturated heterocycles. The molecular weight excluding hydrogens is 234 g/mol. The lowest BCUT2D eigenvalue weighted by Gasteiger charge is -2.20. The average molecular weight is 255 g/mol. The summed E-state index contributed by atoms with van der Waals surface area (Å²) in [5.74, 6) is 1.50. The molecular formula is C17H21NO. The number of anilines is 1. The van der Waals surface area contributed by atoms with Crippen LogP contribution in [0.4, 0.5) is 5.69 Å². The molecule has 2 heteroatoms. The van der Waals surface area contributed by atoms with Crippen molar-refractivity contribution >= 4 is 11.6 Å². The Morgan fingerprint density at radius 1 is 1.32 bits per heavy atom. The summed E-state index contributed by atoms with van der Waals surface area (Å²) in [4.78, 5) is 12.5. The van der Waals surface area contributed by atoms with E-state index in [4.69, 9.17) is 0 Å². The van der Waals surface area contributed by atoms with Crippen LogP contribution in [-0.2, 0) is 11.2 Å². The van der Waals surface area contributed by atoms with Gasteiger partial charge in [-0.3, -0.25) is 4.79 Å². The van der Waals surface area contributed by atoms with Crippen LogP contribution in [0.5, 0.6) is 0 Å². The Morgan fingerprint density at radius 2 is 2.16 bits per heavy atom. The van der Waals surface area contributed by atoms with Crippen LogP contribution < -0.4 is 5.32 Å². The zero-order valence-electron chi connectivity index (χ0n) is 11.6. The Balaban J connectivity index is 1.78. The van der Waals surface area contributed by atoms with E-state index in [2.05, 4.69) is 49.5 Å². The quantitative estimate of drug-likeness (QED) is 0.820. The van der Waals surface area contributed by atoms with Crippen LogP contribution in [0.25, 0.3) is 0 Å². The highest BCUT2D eigenvalue weighted by atomic mass is 16.1. The van der Waals surface area contributed by atoms with E-state index in [0.29, 0.717) is 11.8 Å². The Hall–Kier alpha value is -1.57. The van der Waals surface area contributed by atoms with Crippen LogP contribution in [0.15, 0.2) is 30.4 Å². The molecule has 1 fully saturated rings. The molecule has 2 bridgehead atoms. The molecule has 1 aromatic rings. The number of nitrogens with one attached hydrogen (secondary N) is 1. The van der Waals surface area contributed by atoms with E-state index < -0.39 is 0 Å². The molecule has 2 aliphatic rings. The summed E-state index contributed by atoms with van der Waals surface area (Å²) in [5.41, 5.74) is 3.42. The maximum Gasteiger partial charge on any atom is 0.228 e. The maximum atomic E-state index is 12.5. The minimum absolute atomic E-state index is 0.180. The van der Waals surface area contributed by atoms with Crippen molar-refractivity contribution in [3.8, 4) is 0 Å². The van der Waals surface area contributed by atoms with E-state index in [1.165, 1.54) is 12.0 Å². The third-order valence-corrected chi connectivity index (χ3v) is 4.60. The zero-order valence-corrected chi connectivity index (χ0v) is 11.6. The third kappa shape index (κ3) is 2.20. The Labute approximate surface area is 114 Å². The van der Waals surface area contributed by atoms with Crippen LogP contribution in [0.3, 0.4) is 0 Å². The van der Waals surface area contributed by atoms with Crippen molar-refractivity contribution in [3.05, 3.63) is 41.5 Å². The van der Waals surface area contributed by atoms with Crippen molar-refractivity contribution in [3.63, 3.8) is 0 Å². The standard InChI is InChI=1S/C17H21NO/c1-3-13-6-4-5-11(2)16(13)18-17(19)15-10-12-7-8-14(15)9-12/h4-8,12,14-15H,3,9-10H2,1-2H3,(H,18,19). The minimum Gasteiger partial charge on any atom is -0.325 e. The fraction of sp³-hybridized carbons (Fsp3) is 0.471. The van der Waals surface area contributed by atoms with Crippen molar-refractivity contribution in [2.75, 3.05) is 5.32 Å². The van der Waals surface area contributed by atoms with E-state index in [9.17, 15) is 4.79 Å². The summed E-state index contributed by atoms with van der Waals surface area (Å²) in [6, 6.07) is 6.23. The molecule has 0 spiro atoms. The number of para-hydroxylation sites is 1. The predicted molar refractivity (Wildman–Crippen MR) is 78.0 cm³/mol. The number of rotatable bonds is 3. The van der Waals surface area contributed by atoms with Crippen LogP contribution in [0.1, 0.15) is 30.9 Å². The van der Waals surface area contributed by atoms with Gasteiger partial charge in [0.1, 0.15) is 0 Å². The number of hydrogen-bond acceptors (Lipinski definition) is 1. The SMILES string of the molecule is CCc1cccc(C)c1NC(=O)C1CC2C=CC1C2. The lowest BCUT2D eigenvalue weighted by molar-refractivity contribution is -0.120. The number of allylic oxidation sites excluding steroid dienone is 2. The van der Waals surface area contributed by atoms with Crippen LogP contribution in [0.2, 0.25) is 0 Å².